The van der Waals surface area contributed by atoms with Gasteiger partial charge in [0.2, 0.25) is 0 Å². The molecule has 22 heavy (non-hydrogen) atoms. The Bertz CT molecular complexity index is 664. The van der Waals surface area contributed by atoms with E-state index in [1.165, 1.54) is 12.1 Å². The molecular weight excluding hydrogens is 367 g/mol. The van der Waals surface area contributed by atoms with Gasteiger partial charge in [0, 0.05) is 5.69 Å². The number of ether oxygens (including phenoxy) is 1. The molecule has 6 heteroatoms. The second-order valence-electron chi connectivity index (χ2n) is 4.72. The quantitative estimate of drug-likeness (QED) is 0.754. The van der Waals surface area contributed by atoms with Gasteiger partial charge >= 0.3 is 0 Å². The van der Waals surface area contributed by atoms with E-state index in [2.05, 4.69) is 26.6 Å². The second kappa shape index (κ2) is 7.56. The van der Waals surface area contributed by atoms with Crippen molar-refractivity contribution in [2.75, 3.05) is 12.4 Å². The lowest BCUT2D eigenvalue weighted by atomic mass is 10.1. The Morgan fingerprint density at radius 1 is 1.23 bits per heavy atom. The third kappa shape index (κ3) is 4.42. The number of benzene rings is 2. The highest BCUT2D eigenvalue weighted by Crippen LogP contribution is 2.28. The lowest BCUT2D eigenvalue weighted by molar-refractivity contribution is 0.412. The van der Waals surface area contributed by atoms with Crippen LogP contribution in [-0.2, 0) is 0 Å². The van der Waals surface area contributed by atoms with Gasteiger partial charge in [-0.05, 0) is 77.0 Å². The van der Waals surface area contributed by atoms with Crippen LogP contribution in [0.4, 0.5) is 10.1 Å². The molecule has 2 N–H and O–H groups in total. The molecule has 2 rings (SSSR count). The number of methoxy groups -OCH3 is 1. The molecule has 1 atom stereocenters. The maximum absolute atomic E-state index is 12.9. The monoisotopic (exact) mass is 382 g/mol. The fraction of sp³-hybridized carbons (Fsp3) is 0.188. The van der Waals surface area contributed by atoms with Crippen LogP contribution in [0.15, 0.2) is 46.9 Å². The summed E-state index contributed by atoms with van der Waals surface area (Å²) in [6.07, 6.45) is 0. The fourth-order valence-corrected chi connectivity index (χ4v) is 2.79. The molecule has 0 fully saturated rings. The minimum absolute atomic E-state index is 0.0163. The molecule has 0 saturated heterocycles. The van der Waals surface area contributed by atoms with Crippen molar-refractivity contribution in [3.05, 3.63) is 58.3 Å². The molecule has 0 amide bonds. The largest absolute Gasteiger partial charge is 0.496 e. The summed E-state index contributed by atoms with van der Waals surface area (Å²) in [7, 11) is 1.63. The van der Waals surface area contributed by atoms with Crippen LogP contribution in [0.1, 0.15) is 18.5 Å². The maximum atomic E-state index is 12.9. The Kier molecular flexibility index (Phi) is 5.74. The van der Waals surface area contributed by atoms with E-state index in [1.807, 2.05) is 25.1 Å². The summed E-state index contributed by atoms with van der Waals surface area (Å²) in [4.78, 5) is 0. The molecule has 0 aliphatic carbocycles. The maximum Gasteiger partial charge on any atom is 0.171 e. The van der Waals surface area contributed by atoms with Gasteiger partial charge in [-0.2, -0.15) is 0 Å². The summed E-state index contributed by atoms with van der Waals surface area (Å²) >= 11 is 8.74. The van der Waals surface area contributed by atoms with Crippen molar-refractivity contribution in [2.45, 2.75) is 13.0 Å². The first-order chi connectivity index (χ1) is 10.5. The molecule has 3 nitrogen and oxygen atoms in total. The van der Waals surface area contributed by atoms with Crippen LogP contribution < -0.4 is 15.4 Å². The van der Waals surface area contributed by atoms with Gasteiger partial charge < -0.3 is 15.4 Å². The highest BCUT2D eigenvalue weighted by molar-refractivity contribution is 9.10. The Labute approximate surface area is 143 Å². The summed E-state index contributed by atoms with van der Waals surface area (Å²) < 4.78 is 19.0. The van der Waals surface area contributed by atoms with Crippen LogP contribution in [-0.4, -0.2) is 12.2 Å². The van der Waals surface area contributed by atoms with Crippen LogP contribution in [0.25, 0.3) is 0 Å². The summed E-state index contributed by atoms with van der Waals surface area (Å²) in [5, 5.41) is 6.69. The molecule has 0 aliphatic heterocycles. The van der Waals surface area contributed by atoms with Crippen LogP contribution in [0.2, 0.25) is 0 Å². The minimum Gasteiger partial charge on any atom is -0.496 e. The first-order valence-electron chi connectivity index (χ1n) is 6.66. The van der Waals surface area contributed by atoms with E-state index in [4.69, 9.17) is 17.0 Å². The van der Waals surface area contributed by atoms with E-state index in [1.54, 1.807) is 19.2 Å². The summed E-state index contributed by atoms with van der Waals surface area (Å²) in [6, 6.07) is 11.9. The van der Waals surface area contributed by atoms with Gasteiger partial charge in [0.25, 0.3) is 0 Å². The van der Waals surface area contributed by atoms with Gasteiger partial charge in [-0.15, -0.1) is 0 Å². The lowest BCUT2D eigenvalue weighted by Crippen LogP contribution is -2.30. The zero-order valence-electron chi connectivity index (χ0n) is 12.2. The Morgan fingerprint density at radius 3 is 2.50 bits per heavy atom. The summed E-state index contributed by atoms with van der Waals surface area (Å²) in [6.45, 7) is 2.01. The number of halogens is 2. The molecule has 2 aromatic carbocycles. The Morgan fingerprint density at radius 2 is 1.91 bits per heavy atom. The third-order valence-corrected chi connectivity index (χ3v) is 3.97. The first-order valence-corrected chi connectivity index (χ1v) is 7.86. The second-order valence-corrected chi connectivity index (χ2v) is 5.98. The normalized spacial score (nSPS) is 11.6. The molecule has 0 spiro atoms. The third-order valence-electron chi connectivity index (χ3n) is 3.13. The average molecular weight is 383 g/mol. The van der Waals surface area contributed by atoms with E-state index >= 15 is 0 Å². The number of rotatable bonds is 4. The van der Waals surface area contributed by atoms with Gasteiger partial charge in [0.15, 0.2) is 5.11 Å². The molecule has 0 heterocycles. The molecule has 0 aromatic heterocycles. The lowest BCUT2D eigenvalue weighted by Gasteiger charge is -2.18. The molecule has 2 aromatic rings. The van der Waals surface area contributed by atoms with Crippen molar-refractivity contribution in [1.82, 2.24) is 5.32 Å². The minimum atomic E-state index is -0.277. The van der Waals surface area contributed by atoms with Crippen molar-refractivity contribution in [3.63, 3.8) is 0 Å². The molecule has 0 radical (unpaired) electrons. The SMILES string of the molecule is COc1ccc([C@H](C)NC(=S)Nc2ccc(F)cc2)cc1Br. The predicted octanol–water partition coefficient (Wildman–Crippen LogP) is 4.64. The summed E-state index contributed by atoms with van der Waals surface area (Å²) in [5.41, 5.74) is 1.80. The van der Waals surface area contributed by atoms with E-state index in [0.29, 0.717) is 5.11 Å². The number of nitrogens with one attached hydrogen (secondary N) is 2. The van der Waals surface area contributed by atoms with Crippen LogP contribution >= 0.6 is 28.1 Å². The van der Waals surface area contributed by atoms with Crippen molar-refractivity contribution >= 4 is 38.9 Å². The standard InChI is InChI=1S/C16H16BrFN2OS/c1-10(11-3-8-15(21-2)14(17)9-11)19-16(22)20-13-6-4-12(18)5-7-13/h3-10H,1-2H3,(H2,19,20,22)/t10-/m0/s1. The molecule has 0 aliphatic rings. The predicted molar refractivity (Wildman–Crippen MR) is 94.9 cm³/mol. The molecule has 116 valence electrons. The van der Waals surface area contributed by atoms with E-state index in [-0.39, 0.29) is 11.9 Å². The average Bonchev–Trinajstić information content (AvgIpc) is 2.49. The van der Waals surface area contributed by atoms with Gasteiger partial charge in [-0.25, -0.2) is 4.39 Å². The molecule has 0 bridgehead atoms. The number of hydrogen-bond donors (Lipinski definition) is 2. The van der Waals surface area contributed by atoms with E-state index in [9.17, 15) is 4.39 Å². The van der Waals surface area contributed by atoms with Crippen LogP contribution in [0.3, 0.4) is 0 Å². The highest BCUT2D eigenvalue weighted by Gasteiger charge is 2.10. The Hall–Kier alpha value is -1.66. The number of anilines is 1. The number of thiocarbonyl (C=S) groups is 1. The zero-order valence-corrected chi connectivity index (χ0v) is 14.6. The smallest absolute Gasteiger partial charge is 0.171 e. The van der Waals surface area contributed by atoms with Crippen LogP contribution in [0.5, 0.6) is 5.75 Å². The van der Waals surface area contributed by atoms with Gasteiger partial charge in [-0.1, -0.05) is 6.07 Å². The van der Waals surface area contributed by atoms with Crippen molar-refractivity contribution < 1.29 is 9.13 Å². The highest BCUT2D eigenvalue weighted by atomic mass is 79.9. The molecule has 0 saturated carbocycles. The van der Waals surface area contributed by atoms with Gasteiger partial charge in [-0.3, -0.25) is 0 Å². The molecular formula is C16H16BrFN2OS. The van der Waals surface area contributed by atoms with Crippen molar-refractivity contribution in [2.24, 2.45) is 0 Å². The van der Waals surface area contributed by atoms with Gasteiger partial charge in [0.05, 0.1) is 17.6 Å². The topological polar surface area (TPSA) is 33.3 Å². The zero-order chi connectivity index (χ0) is 16.1. The fourth-order valence-electron chi connectivity index (χ4n) is 1.93. The first kappa shape index (κ1) is 16.7. The van der Waals surface area contributed by atoms with Gasteiger partial charge in [0.1, 0.15) is 11.6 Å². The molecule has 0 unspecified atom stereocenters. The Balaban J connectivity index is 1.98. The summed E-state index contributed by atoms with van der Waals surface area (Å²) in [5.74, 6) is 0.504. The van der Waals surface area contributed by atoms with Crippen molar-refractivity contribution in [3.8, 4) is 5.75 Å². The van der Waals surface area contributed by atoms with E-state index < -0.39 is 0 Å². The number of hydrogen-bond acceptors (Lipinski definition) is 2. The van der Waals surface area contributed by atoms with E-state index in [0.717, 1.165) is 21.5 Å². The van der Waals surface area contributed by atoms with Crippen molar-refractivity contribution in [1.29, 1.82) is 0 Å². The van der Waals surface area contributed by atoms with Crippen LogP contribution in [0, 0.1) is 5.82 Å².